The molecule has 4 rings (SSSR count). The largest absolute Gasteiger partial charge is 0.507 e. The molecule has 8 heteroatoms. The van der Waals surface area contributed by atoms with Gasteiger partial charge in [0.25, 0.3) is 0 Å². The summed E-state index contributed by atoms with van der Waals surface area (Å²) in [6.45, 7) is 2.47. The van der Waals surface area contributed by atoms with Crippen molar-refractivity contribution in [1.82, 2.24) is 5.43 Å². The number of likely N-dealkylation sites (N-methyl/N-ethyl adjacent to an activating group) is 1. The minimum Gasteiger partial charge on any atom is -0.507 e. The summed E-state index contributed by atoms with van der Waals surface area (Å²) in [4.78, 5) is 26.0. The van der Waals surface area contributed by atoms with Crippen LogP contribution in [-0.2, 0) is 9.59 Å². The average molecular weight is 403 g/mol. The summed E-state index contributed by atoms with van der Waals surface area (Å²) in [5.41, 5.74) is 6.38. The predicted octanol–water partition coefficient (Wildman–Crippen LogP) is 2.56. The zero-order valence-electron chi connectivity index (χ0n) is 16.4. The third-order valence-corrected chi connectivity index (χ3v) is 5.16. The highest BCUT2D eigenvalue weighted by molar-refractivity contribution is 6.15. The van der Waals surface area contributed by atoms with Gasteiger partial charge in [-0.2, -0.15) is 15.3 Å². The summed E-state index contributed by atoms with van der Waals surface area (Å²) >= 11 is 0. The van der Waals surface area contributed by atoms with Gasteiger partial charge < -0.3 is 10.0 Å². The number of nitrogens with one attached hydrogen (secondary N) is 1. The van der Waals surface area contributed by atoms with Gasteiger partial charge in [-0.05, 0) is 42.3 Å². The minimum absolute atomic E-state index is 0.0648. The van der Waals surface area contributed by atoms with Gasteiger partial charge in [0.2, 0.25) is 11.8 Å². The van der Waals surface area contributed by atoms with Crippen molar-refractivity contribution in [1.29, 1.82) is 0 Å². The highest BCUT2D eigenvalue weighted by atomic mass is 16.3. The number of rotatable bonds is 5. The zero-order chi connectivity index (χ0) is 21.1. The maximum absolute atomic E-state index is 12.9. The van der Waals surface area contributed by atoms with Crippen molar-refractivity contribution in [2.24, 2.45) is 15.3 Å². The molecule has 2 aliphatic rings. The molecule has 0 bridgehead atoms. The van der Waals surface area contributed by atoms with E-state index in [1.54, 1.807) is 29.2 Å². The molecule has 0 saturated heterocycles. The van der Waals surface area contributed by atoms with Crippen molar-refractivity contribution in [3.05, 3.63) is 59.2 Å². The van der Waals surface area contributed by atoms with Crippen LogP contribution >= 0.6 is 0 Å². The van der Waals surface area contributed by atoms with E-state index < -0.39 is 5.92 Å². The summed E-state index contributed by atoms with van der Waals surface area (Å²) in [5.74, 6) is -0.606. The summed E-state index contributed by atoms with van der Waals surface area (Å²) in [5, 5.41) is 22.0. The summed E-state index contributed by atoms with van der Waals surface area (Å²) in [7, 11) is 0. The Morgan fingerprint density at radius 3 is 2.77 bits per heavy atom. The number of aromatic hydroxyl groups is 1. The Kier molecular flexibility index (Phi) is 5.38. The Bertz CT molecular complexity index is 1090. The molecule has 8 nitrogen and oxygen atoms in total. The van der Waals surface area contributed by atoms with Crippen LogP contribution in [0.1, 0.15) is 42.4 Å². The smallest absolute Gasteiger partial charge is 0.240 e. The minimum atomic E-state index is -0.555. The molecule has 30 heavy (non-hydrogen) atoms. The van der Waals surface area contributed by atoms with Gasteiger partial charge in [0.05, 0.1) is 11.9 Å². The van der Waals surface area contributed by atoms with Crippen LogP contribution in [0.2, 0.25) is 0 Å². The van der Waals surface area contributed by atoms with E-state index in [0.717, 1.165) is 22.5 Å². The molecular weight excluding hydrogens is 382 g/mol. The molecule has 2 aromatic carbocycles. The molecule has 2 aromatic rings. The standard InChI is InChI=1S/C22H21N5O3/c1-2-27-19-9-7-14(18-8-10-21(29)26-25-18)11-16(19)17(22(27)30)13-24-23-12-15-5-3-4-6-20(15)28/h3-7,9,11-13,17,28H,2,8,10H2,1H3,(H,26,29)/b23-12+,24-13?. The highest BCUT2D eigenvalue weighted by Gasteiger charge is 2.36. The lowest BCUT2D eigenvalue weighted by molar-refractivity contribution is -0.121. The lowest BCUT2D eigenvalue weighted by Gasteiger charge is -2.16. The number of para-hydroxylation sites is 1. The van der Waals surface area contributed by atoms with Gasteiger partial charge in [-0.15, -0.1) is 0 Å². The van der Waals surface area contributed by atoms with Crippen LogP contribution in [0.3, 0.4) is 0 Å². The third-order valence-electron chi connectivity index (χ3n) is 5.16. The Labute approximate surface area is 173 Å². The number of carbonyl (C=O) groups excluding carboxylic acids is 2. The van der Waals surface area contributed by atoms with Crippen LogP contribution in [0, 0.1) is 0 Å². The first kappa shape index (κ1) is 19.5. The Balaban J connectivity index is 1.61. The molecule has 0 spiro atoms. The van der Waals surface area contributed by atoms with Crippen LogP contribution in [0.25, 0.3) is 0 Å². The first-order valence-corrected chi connectivity index (χ1v) is 9.74. The van der Waals surface area contributed by atoms with E-state index >= 15 is 0 Å². The number of hydrogen-bond donors (Lipinski definition) is 2. The van der Waals surface area contributed by atoms with Crippen molar-refractivity contribution in [2.75, 3.05) is 11.4 Å². The molecule has 1 atom stereocenters. The molecule has 0 aromatic heterocycles. The third kappa shape index (κ3) is 3.71. The molecule has 0 aliphatic carbocycles. The number of amides is 2. The molecule has 0 saturated carbocycles. The van der Waals surface area contributed by atoms with Crippen LogP contribution < -0.4 is 10.3 Å². The number of benzene rings is 2. The molecule has 152 valence electrons. The number of phenols is 1. The number of anilines is 1. The van der Waals surface area contributed by atoms with Gasteiger partial charge in [0.15, 0.2) is 0 Å². The van der Waals surface area contributed by atoms with Gasteiger partial charge in [-0.3, -0.25) is 9.59 Å². The quantitative estimate of drug-likeness (QED) is 0.592. The second-order valence-electron chi connectivity index (χ2n) is 7.00. The van der Waals surface area contributed by atoms with E-state index in [0.29, 0.717) is 24.9 Å². The van der Waals surface area contributed by atoms with Gasteiger partial charge in [0, 0.05) is 36.9 Å². The Hall–Kier alpha value is -3.81. The van der Waals surface area contributed by atoms with Crippen molar-refractivity contribution in [2.45, 2.75) is 25.7 Å². The van der Waals surface area contributed by atoms with Gasteiger partial charge >= 0.3 is 0 Å². The van der Waals surface area contributed by atoms with Crippen molar-refractivity contribution >= 4 is 35.6 Å². The maximum atomic E-state index is 12.9. The molecule has 2 aliphatic heterocycles. The van der Waals surface area contributed by atoms with Crippen molar-refractivity contribution in [3.8, 4) is 5.75 Å². The van der Waals surface area contributed by atoms with Crippen molar-refractivity contribution < 1.29 is 14.7 Å². The van der Waals surface area contributed by atoms with Gasteiger partial charge in [0.1, 0.15) is 11.7 Å². The number of nitrogens with zero attached hydrogens (tertiary/aromatic N) is 4. The zero-order valence-corrected chi connectivity index (χ0v) is 16.4. The number of hydrazone groups is 1. The number of carbonyl (C=O) groups is 2. The van der Waals surface area contributed by atoms with E-state index in [-0.39, 0.29) is 17.6 Å². The Morgan fingerprint density at radius 1 is 1.20 bits per heavy atom. The lowest BCUT2D eigenvalue weighted by atomic mass is 9.96. The van der Waals surface area contributed by atoms with Crippen LogP contribution in [0.15, 0.2) is 57.8 Å². The van der Waals surface area contributed by atoms with Crippen LogP contribution in [0.4, 0.5) is 5.69 Å². The topological polar surface area (TPSA) is 107 Å². The first-order valence-electron chi connectivity index (χ1n) is 9.74. The summed E-state index contributed by atoms with van der Waals surface area (Å²) in [6.07, 6.45) is 3.91. The predicted molar refractivity (Wildman–Crippen MR) is 115 cm³/mol. The summed E-state index contributed by atoms with van der Waals surface area (Å²) in [6, 6.07) is 12.6. The first-order chi connectivity index (χ1) is 14.6. The van der Waals surface area contributed by atoms with E-state index in [9.17, 15) is 14.7 Å². The molecular formula is C22H21N5O3. The number of phenolic OH excluding ortho intramolecular Hbond substituents is 1. The van der Waals surface area contributed by atoms with Crippen LogP contribution in [0.5, 0.6) is 5.75 Å². The highest BCUT2D eigenvalue weighted by Crippen LogP contribution is 2.37. The fraction of sp³-hybridized carbons (Fsp3) is 0.227. The van der Waals surface area contributed by atoms with E-state index in [1.165, 1.54) is 12.4 Å². The van der Waals surface area contributed by atoms with Gasteiger partial charge in [-0.1, -0.05) is 18.2 Å². The average Bonchev–Trinajstić information content (AvgIpc) is 3.03. The van der Waals surface area contributed by atoms with Crippen molar-refractivity contribution in [3.63, 3.8) is 0 Å². The molecule has 2 heterocycles. The molecule has 1 unspecified atom stereocenters. The molecule has 2 amide bonds. The monoisotopic (exact) mass is 403 g/mol. The summed E-state index contributed by atoms with van der Waals surface area (Å²) < 4.78 is 0. The fourth-order valence-corrected chi connectivity index (χ4v) is 3.60. The lowest BCUT2D eigenvalue weighted by Crippen LogP contribution is -2.28. The SMILES string of the molecule is CCN1C(=O)C(C=N/N=C/c2ccccc2O)c2cc(C3=NNC(=O)CC3)ccc21. The van der Waals surface area contributed by atoms with E-state index in [1.807, 2.05) is 25.1 Å². The maximum Gasteiger partial charge on any atom is 0.240 e. The second-order valence-corrected chi connectivity index (χ2v) is 7.00. The normalized spacial score (nSPS) is 18.8. The molecule has 0 radical (unpaired) electrons. The number of fused-ring (bicyclic) bond motifs is 1. The van der Waals surface area contributed by atoms with E-state index in [4.69, 9.17) is 0 Å². The van der Waals surface area contributed by atoms with Crippen LogP contribution in [-0.4, -0.2) is 41.6 Å². The van der Waals surface area contributed by atoms with E-state index in [2.05, 4.69) is 20.7 Å². The second kappa shape index (κ2) is 8.28. The number of hydrogen-bond acceptors (Lipinski definition) is 6. The Morgan fingerprint density at radius 2 is 2.03 bits per heavy atom. The molecule has 0 fully saturated rings. The molecule has 2 N–H and O–H groups in total. The fourth-order valence-electron chi connectivity index (χ4n) is 3.60. The van der Waals surface area contributed by atoms with Gasteiger partial charge in [-0.25, -0.2) is 5.43 Å².